The van der Waals surface area contributed by atoms with E-state index in [4.69, 9.17) is 4.74 Å². The number of aliphatic hydroxyl groups is 4. The number of methoxy groups -OCH3 is 1. The first-order valence-corrected chi connectivity index (χ1v) is 8.86. The highest BCUT2D eigenvalue weighted by atomic mass is 16.5. The van der Waals surface area contributed by atoms with E-state index in [1.54, 1.807) is 12.3 Å². The van der Waals surface area contributed by atoms with Crippen LogP contribution in [0.4, 0.5) is 0 Å². The first kappa shape index (κ1) is 21.8. The molecule has 2 rings (SSSR count). The van der Waals surface area contributed by atoms with Crippen LogP contribution in [0, 0.1) is 0 Å². The van der Waals surface area contributed by atoms with Crippen LogP contribution in [0.2, 0.25) is 0 Å². The Morgan fingerprint density at radius 1 is 1.18 bits per heavy atom. The number of aromatic nitrogens is 1. The van der Waals surface area contributed by atoms with E-state index in [1.165, 1.54) is 27.0 Å². The number of Topliss-reactive ketones (excluding diaryl/α,β-unsaturated/α-hetero) is 1. The highest BCUT2D eigenvalue weighted by Gasteiger charge is 2.34. The van der Waals surface area contributed by atoms with E-state index in [-0.39, 0.29) is 17.2 Å². The van der Waals surface area contributed by atoms with Crippen LogP contribution in [0.1, 0.15) is 29.8 Å². The average Bonchev–Trinajstić information content (AvgIpc) is 3.06. The summed E-state index contributed by atoms with van der Waals surface area (Å²) in [5, 5.41) is 42.7. The number of hydrogen-bond acceptors (Lipinski definition) is 7. The molecule has 0 aliphatic heterocycles. The van der Waals surface area contributed by atoms with E-state index in [9.17, 15) is 30.0 Å². The zero-order chi connectivity index (χ0) is 21.0. The highest BCUT2D eigenvalue weighted by molar-refractivity contribution is 6.05. The second-order valence-electron chi connectivity index (χ2n) is 6.68. The number of H-pyrrole nitrogens is 1. The average molecular weight is 394 g/mol. The molecular formula is C19H26N2O7. The molecule has 0 bridgehead atoms. The molecule has 1 heterocycles. The van der Waals surface area contributed by atoms with Crippen molar-refractivity contribution in [1.82, 2.24) is 10.3 Å². The fourth-order valence-electron chi connectivity index (χ4n) is 2.94. The predicted octanol–water partition coefficient (Wildman–Crippen LogP) is -0.499. The molecule has 0 saturated heterocycles. The van der Waals surface area contributed by atoms with Crippen molar-refractivity contribution in [2.75, 3.05) is 13.7 Å². The molecule has 1 amide bonds. The Bertz CT molecular complexity index is 846. The molecule has 0 radical (unpaired) electrons. The minimum Gasteiger partial charge on any atom is -0.496 e. The molecule has 0 aliphatic rings. The Morgan fingerprint density at radius 3 is 2.43 bits per heavy atom. The fourth-order valence-corrected chi connectivity index (χ4v) is 2.94. The van der Waals surface area contributed by atoms with Crippen LogP contribution in [0.5, 0.6) is 5.75 Å². The first-order valence-electron chi connectivity index (χ1n) is 8.86. The number of benzene rings is 1. The number of hydrogen-bond donors (Lipinski definition) is 6. The van der Waals surface area contributed by atoms with Crippen LogP contribution in [-0.2, 0) is 11.2 Å². The number of fused-ring (bicyclic) bond motifs is 1. The molecule has 0 fully saturated rings. The second kappa shape index (κ2) is 9.16. The van der Waals surface area contributed by atoms with Crippen molar-refractivity contribution in [3.05, 3.63) is 29.5 Å². The number of ketones is 1. The van der Waals surface area contributed by atoms with Gasteiger partial charge >= 0.3 is 0 Å². The number of aromatic amines is 1. The zero-order valence-corrected chi connectivity index (χ0v) is 16.0. The normalized spacial score (nSPS) is 15.7. The molecule has 154 valence electrons. The summed E-state index contributed by atoms with van der Waals surface area (Å²) in [6.45, 7) is 3.12. The molecule has 6 N–H and O–H groups in total. The molecule has 4 atom stereocenters. The maximum Gasteiger partial charge on any atom is 0.216 e. The van der Waals surface area contributed by atoms with Gasteiger partial charge in [0.05, 0.1) is 18.8 Å². The van der Waals surface area contributed by atoms with Gasteiger partial charge in [-0.05, 0) is 31.0 Å². The van der Waals surface area contributed by atoms with Gasteiger partial charge < -0.3 is 35.5 Å². The van der Waals surface area contributed by atoms with E-state index >= 15 is 0 Å². The number of carbonyl (C=O) groups is 2. The quantitative estimate of drug-likeness (QED) is 0.314. The third-order valence-electron chi connectivity index (χ3n) is 4.56. The lowest BCUT2D eigenvalue weighted by Gasteiger charge is -2.24. The van der Waals surface area contributed by atoms with Crippen molar-refractivity contribution < 1.29 is 34.8 Å². The molecule has 2 aromatic rings. The molecule has 9 nitrogen and oxygen atoms in total. The molecule has 1 aromatic heterocycles. The van der Waals surface area contributed by atoms with Gasteiger partial charge in [-0.2, -0.15) is 0 Å². The van der Waals surface area contributed by atoms with Gasteiger partial charge in [0.15, 0.2) is 5.78 Å². The van der Waals surface area contributed by atoms with Crippen molar-refractivity contribution in [1.29, 1.82) is 0 Å². The fraction of sp³-hybridized carbons (Fsp3) is 0.474. The topological polar surface area (TPSA) is 152 Å². The molecule has 28 heavy (non-hydrogen) atoms. The minimum atomic E-state index is -1.94. The van der Waals surface area contributed by atoms with E-state index in [0.717, 1.165) is 10.9 Å². The van der Waals surface area contributed by atoms with Gasteiger partial charge in [0.2, 0.25) is 5.91 Å². The van der Waals surface area contributed by atoms with E-state index < -0.39 is 30.2 Å². The monoisotopic (exact) mass is 394 g/mol. The van der Waals surface area contributed by atoms with Gasteiger partial charge in [-0.1, -0.05) is 0 Å². The van der Waals surface area contributed by atoms with Crippen LogP contribution in [0.25, 0.3) is 10.9 Å². The van der Waals surface area contributed by atoms with Crippen LogP contribution < -0.4 is 10.1 Å². The summed E-state index contributed by atoms with van der Waals surface area (Å²) in [5.74, 6) is -0.784. The van der Waals surface area contributed by atoms with E-state index in [2.05, 4.69) is 10.3 Å². The van der Waals surface area contributed by atoms with Gasteiger partial charge in [0, 0.05) is 30.6 Å². The number of carbonyl (C=O) groups excluding carboxylic acids is 2. The lowest BCUT2D eigenvalue weighted by molar-refractivity contribution is -0.118. The van der Waals surface area contributed by atoms with Crippen LogP contribution in [0.3, 0.4) is 0 Å². The highest BCUT2D eigenvalue weighted by Crippen LogP contribution is 2.29. The first-order chi connectivity index (χ1) is 13.2. The van der Waals surface area contributed by atoms with Crippen LogP contribution >= 0.6 is 0 Å². The Morgan fingerprint density at radius 2 is 1.86 bits per heavy atom. The summed E-state index contributed by atoms with van der Waals surface area (Å²) < 4.78 is 5.27. The lowest BCUT2D eigenvalue weighted by Crippen LogP contribution is -2.46. The van der Waals surface area contributed by atoms with Crippen molar-refractivity contribution in [2.45, 2.75) is 44.7 Å². The number of aliphatic hydroxyl groups excluding tert-OH is 4. The number of nitrogens with one attached hydrogen (secondary N) is 2. The van der Waals surface area contributed by atoms with Crippen molar-refractivity contribution in [3.8, 4) is 5.75 Å². The number of ether oxygens (including phenoxy) is 1. The van der Waals surface area contributed by atoms with Gasteiger partial charge in [-0.15, -0.1) is 0 Å². The maximum absolute atomic E-state index is 12.6. The minimum absolute atomic E-state index is 0.0228. The SMILES string of the molecule is COc1cc2c(CCNC(C)=O)c[nH]c2cc1C(=O)[C@H](O)[C@@H](O)[C@H](O)[C@@H](C)O. The Labute approximate surface area is 161 Å². The summed E-state index contributed by atoms with van der Waals surface area (Å²) in [5.41, 5.74) is 1.54. The number of amides is 1. The van der Waals surface area contributed by atoms with Crippen molar-refractivity contribution >= 4 is 22.6 Å². The van der Waals surface area contributed by atoms with Crippen LogP contribution in [0.15, 0.2) is 18.3 Å². The molecule has 1 aromatic carbocycles. The van der Waals surface area contributed by atoms with E-state index in [1.807, 2.05) is 0 Å². The third kappa shape index (κ3) is 4.68. The van der Waals surface area contributed by atoms with E-state index in [0.29, 0.717) is 18.5 Å². The smallest absolute Gasteiger partial charge is 0.216 e. The summed E-state index contributed by atoms with van der Waals surface area (Å²) in [6.07, 6.45) is -4.48. The largest absolute Gasteiger partial charge is 0.496 e. The molecule has 0 unspecified atom stereocenters. The van der Waals surface area contributed by atoms with Crippen molar-refractivity contribution in [2.24, 2.45) is 0 Å². The maximum atomic E-state index is 12.6. The number of rotatable bonds is 9. The lowest BCUT2D eigenvalue weighted by atomic mass is 9.95. The van der Waals surface area contributed by atoms with Gasteiger partial charge in [-0.25, -0.2) is 0 Å². The second-order valence-corrected chi connectivity index (χ2v) is 6.68. The third-order valence-corrected chi connectivity index (χ3v) is 4.56. The molecule has 0 spiro atoms. The molecule has 0 aliphatic carbocycles. The summed E-state index contributed by atoms with van der Waals surface area (Å²) >= 11 is 0. The standard InChI is InChI=1S/C19H26N2O7/c1-9(22)16(24)18(26)19(27)17(25)13-6-14-12(7-15(13)28-3)11(8-21-14)4-5-20-10(2)23/h6-9,16,18-19,21-22,24,26-27H,4-5H2,1-3H3,(H,20,23)/t9-,16-,18+,19+/m1/s1. The summed E-state index contributed by atoms with van der Waals surface area (Å²) in [7, 11) is 1.37. The zero-order valence-electron chi connectivity index (χ0n) is 16.0. The predicted molar refractivity (Wildman–Crippen MR) is 101 cm³/mol. The molecule has 0 saturated carbocycles. The summed E-state index contributed by atoms with van der Waals surface area (Å²) in [4.78, 5) is 26.7. The van der Waals surface area contributed by atoms with Crippen molar-refractivity contribution in [3.63, 3.8) is 0 Å². The Kier molecular flexibility index (Phi) is 7.14. The summed E-state index contributed by atoms with van der Waals surface area (Å²) in [6, 6.07) is 3.12. The molecule has 9 heteroatoms. The Balaban J connectivity index is 2.32. The molecular weight excluding hydrogens is 368 g/mol. The van der Waals surface area contributed by atoms with Gasteiger partial charge in [0.25, 0.3) is 0 Å². The Hall–Kier alpha value is -2.46. The van der Waals surface area contributed by atoms with Crippen LogP contribution in [-0.4, -0.2) is 75.2 Å². The van der Waals surface area contributed by atoms with Gasteiger partial charge in [-0.3, -0.25) is 9.59 Å². The van der Waals surface area contributed by atoms with Gasteiger partial charge in [0.1, 0.15) is 24.1 Å².